The minimum atomic E-state index is -0.766. The lowest BCUT2D eigenvalue weighted by Gasteiger charge is -2.23. The summed E-state index contributed by atoms with van der Waals surface area (Å²) < 4.78 is 18.6. The maximum absolute atomic E-state index is 13.8. The standard InChI is InChI=1S/C15H21FN2O3/c1-9(13(19)18-15(2,3)4)17-14(20)11-7-6-10(21-5)8-12(11)16/h6-9H,1-5H3,(H,17,20)(H,18,19). The Hall–Kier alpha value is -2.11. The molecule has 1 rings (SSSR count). The van der Waals surface area contributed by atoms with Gasteiger partial charge in [0.2, 0.25) is 5.91 Å². The summed E-state index contributed by atoms with van der Waals surface area (Å²) in [5.41, 5.74) is -0.534. The summed E-state index contributed by atoms with van der Waals surface area (Å²) in [6, 6.07) is 3.16. The van der Waals surface area contributed by atoms with E-state index in [4.69, 9.17) is 4.74 Å². The van der Waals surface area contributed by atoms with Crippen LogP contribution in [0, 0.1) is 5.82 Å². The molecule has 0 aliphatic rings. The lowest BCUT2D eigenvalue weighted by Crippen LogP contribution is -2.50. The van der Waals surface area contributed by atoms with Crippen molar-refractivity contribution in [1.82, 2.24) is 10.6 Å². The predicted molar refractivity (Wildman–Crippen MR) is 77.8 cm³/mol. The Morgan fingerprint density at radius 2 is 1.90 bits per heavy atom. The number of hydrogen-bond donors (Lipinski definition) is 2. The van der Waals surface area contributed by atoms with E-state index in [1.807, 2.05) is 20.8 Å². The van der Waals surface area contributed by atoms with Gasteiger partial charge in [-0.1, -0.05) is 0 Å². The first-order chi connectivity index (χ1) is 9.64. The minimum absolute atomic E-state index is 0.133. The van der Waals surface area contributed by atoms with E-state index in [0.29, 0.717) is 5.75 Å². The Kier molecular flexibility index (Phi) is 5.29. The number of hydrogen-bond acceptors (Lipinski definition) is 3. The van der Waals surface area contributed by atoms with Crippen molar-refractivity contribution in [3.8, 4) is 5.75 Å². The molecule has 21 heavy (non-hydrogen) atoms. The maximum Gasteiger partial charge on any atom is 0.254 e. The van der Waals surface area contributed by atoms with Gasteiger partial charge in [0.15, 0.2) is 0 Å². The lowest BCUT2D eigenvalue weighted by atomic mass is 10.1. The summed E-state index contributed by atoms with van der Waals surface area (Å²) in [6.07, 6.45) is 0. The number of benzene rings is 1. The van der Waals surface area contributed by atoms with Crippen molar-refractivity contribution < 1.29 is 18.7 Å². The number of carbonyl (C=O) groups is 2. The van der Waals surface area contributed by atoms with Crippen LogP contribution in [0.25, 0.3) is 0 Å². The first-order valence-electron chi connectivity index (χ1n) is 6.60. The molecule has 1 aromatic carbocycles. The number of methoxy groups -OCH3 is 1. The van der Waals surface area contributed by atoms with E-state index in [1.165, 1.54) is 19.2 Å². The Labute approximate surface area is 123 Å². The highest BCUT2D eigenvalue weighted by Gasteiger charge is 2.22. The van der Waals surface area contributed by atoms with Crippen molar-refractivity contribution in [3.63, 3.8) is 0 Å². The van der Waals surface area contributed by atoms with Gasteiger partial charge in [0.25, 0.3) is 5.91 Å². The third kappa shape index (κ3) is 5.06. The molecule has 5 nitrogen and oxygen atoms in total. The molecule has 0 heterocycles. The minimum Gasteiger partial charge on any atom is -0.497 e. The van der Waals surface area contributed by atoms with Crippen LogP contribution in [0.2, 0.25) is 0 Å². The zero-order valence-corrected chi connectivity index (χ0v) is 12.9. The fraction of sp³-hybridized carbons (Fsp3) is 0.467. The first-order valence-corrected chi connectivity index (χ1v) is 6.60. The molecule has 1 aromatic rings. The summed E-state index contributed by atoms with van der Waals surface area (Å²) in [4.78, 5) is 23.8. The fourth-order valence-corrected chi connectivity index (χ4v) is 1.62. The van der Waals surface area contributed by atoms with E-state index in [9.17, 15) is 14.0 Å². The van der Waals surface area contributed by atoms with E-state index < -0.39 is 23.3 Å². The second-order valence-corrected chi connectivity index (χ2v) is 5.78. The number of nitrogens with one attached hydrogen (secondary N) is 2. The summed E-state index contributed by atoms with van der Waals surface area (Å²) in [6.45, 7) is 7.05. The second kappa shape index (κ2) is 6.56. The molecule has 0 aliphatic heterocycles. The lowest BCUT2D eigenvalue weighted by molar-refractivity contribution is -0.124. The summed E-state index contributed by atoms with van der Waals surface area (Å²) in [7, 11) is 1.41. The van der Waals surface area contributed by atoms with Gasteiger partial charge in [-0.3, -0.25) is 9.59 Å². The molecule has 0 bridgehead atoms. The zero-order chi connectivity index (χ0) is 16.2. The molecule has 2 N–H and O–H groups in total. The van der Waals surface area contributed by atoms with Gasteiger partial charge in [0.1, 0.15) is 17.6 Å². The molecule has 1 unspecified atom stereocenters. The van der Waals surface area contributed by atoms with Crippen LogP contribution in [0.3, 0.4) is 0 Å². The highest BCUT2D eigenvalue weighted by molar-refractivity contribution is 5.97. The van der Waals surface area contributed by atoms with Crippen LogP contribution < -0.4 is 15.4 Å². The molecule has 1 atom stereocenters. The van der Waals surface area contributed by atoms with E-state index in [0.717, 1.165) is 6.07 Å². The van der Waals surface area contributed by atoms with Crippen LogP contribution in [0.15, 0.2) is 18.2 Å². The van der Waals surface area contributed by atoms with Crippen LogP contribution in [-0.2, 0) is 4.79 Å². The van der Waals surface area contributed by atoms with E-state index in [1.54, 1.807) is 6.92 Å². The maximum atomic E-state index is 13.8. The fourth-order valence-electron chi connectivity index (χ4n) is 1.62. The van der Waals surface area contributed by atoms with Crippen LogP contribution in [0.1, 0.15) is 38.1 Å². The van der Waals surface area contributed by atoms with Crippen molar-refractivity contribution in [3.05, 3.63) is 29.6 Å². The highest BCUT2D eigenvalue weighted by atomic mass is 19.1. The highest BCUT2D eigenvalue weighted by Crippen LogP contribution is 2.16. The second-order valence-electron chi connectivity index (χ2n) is 5.78. The smallest absolute Gasteiger partial charge is 0.254 e. The van der Waals surface area contributed by atoms with E-state index in [2.05, 4.69) is 10.6 Å². The largest absolute Gasteiger partial charge is 0.497 e. The quantitative estimate of drug-likeness (QED) is 0.891. The molecule has 0 fully saturated rings. The summed E-state index contributed by atoms with van der Waals surface area (Å²) in [5, 5.41) is 5.21. The predicted octanol–water partition coefficient (Wildman–Crippen LogP) is 1.87. The average molecular weight is 296 g/mol. The SMILES string of the molecule is COc1ccc(C(=O)NC(C)C(=O)NC(C)(C)C)c(F)c1. The molecule has 0 radical (unpaired) electrons. The van der Waals surface area contributed by atoms with Crippen molar-refractivity contribution in [2.24, 2.45) is 0 Å². The topological polar surface area (TPSA) is 67.4 Å². The van der Waals surface area contributed by atoms with Gasteiger partial charge in [-0.25, -0.2) is 4.39 Å². The number of carbonyl (C=O) groups excluding carboxylic acids is 2. The molecule has 0 aliphatic carbocycles. The monoisotopic (exact) mass is 296 g/mol. The van der Waals surface area contributed by atoms with Crippen LogP contribution in [0.4, 0.5) is 4.39 Å². The van der Waals surface area contributed by atoms with Crippen molar-refractivity contribution in [1.29, 1.82) is 0 Å². The van der Waals surface area contributed by atoms with Gasteiger partial charge in [0.05, 0.1) is 12.7 Å². The third-order valence-electron chi connectivity index (χ3n) is 2.66. The molecule has 0 spiro atoms. The van der Waals surface area contributed by atoms with Gasteiger partial charge in [-0.2, -0.15) is 0 Å². The van der Waals surface area contributed by atoms with Gasteiger partial charge in [-0.15, -0.1) is 0 Å². The zero-order valence-electron chi connectivity index (χ0n) is 12.9. The number of ether oxygens (including phenoxy) is 1. The Morgan fingerprint density at radius 1 is 1.29 bits per heavy atom. The average Bonchev–Trinajstić information content (AvgIpc) is 2.36. The molecule has 116 valence electrons. The summed E-state index contributed by atoms with van der Waals surface area (Å²) in [5.74, 6) is -1.35. The summed E-state index contributed by atoms with van der Waals surface area (Å²) >= 11 is 0. The van der Waals surface area contributed by atoms with Crippen molar-refractivity contribution in [2.75, 3.05) is 7.11 Å². The van der Waals surface area contributed by atoms with Gasteiger partial charge < -0.3 is 15.4 Å². The Morgan fingerprint density at radius 3 is 2.38 bits per heavy atom. The van der Waals surface area contributed by atoms with Crippen molar-refractivity contribution in [2.45, 2.75) is 39.3 Å². The molecule has 0 aromatic heterocycles. The molecule has 6 heteroatoms. The molecule has 0 saturated heterocycles. The third-order valence-corrected chi connectivity index (χ3v) is 2.66. The van der Waals surface area contributed by atoms with Crippen molar-refractivity contribution >= 4 is 11.8 Å². The molecular formula is C15H21FN2O3. The van der Waals surface area contributed by atoms with Crippen LogP contribution >= 0.6 is 0 Å². The van der Waals surface area contributed by atoms with E-state index >= 15 is 0 Å². The van der Waals surface area contributed by atoms with E-state index in [-0.39, 0.29) is 11.5 Å². The van der Waals surface area contributed by atoms with Gasteiger partial charge in [0, 0.05) is 11.6 Å². The molecular weight excluding hydrogens is 275 g/mol. The molecule has 0 saturated carbocycles. The Bertz CT molecular complexity index is 538. The number of amides is 2. The first kappa shape index (κ1) is 16.9. The Balaban J connectivity index is 2.75. The molecule has 2 amide bonds. The number of halogens is 1. The normalized spacial score (nSPS) is 12.5. The van der Waals surface area contributed by atoms with Gasteiger partial charge in [-0.05, 0) is 39.8 Å². The van der Waals surface area contributed by atoms with Crippen LogP contribution in [0.5, 0.6) is 5.75 Å². The number of rotatable bonds is 4. The van der Waals surface area contributed by atoms with Gasteiger partial charge >= 0.3 is 0 Å². The van der Waals surface area contributed by atoms with Crippen LogP contribution in [-0.4, -0.2) is 30.5 Å².